The SMILES string of the molecule is CC(C)CN1CCC2(CC1)CCN(CC(C)(C)C)CC2. The number of likely N-dealkylation sites (tertiary alicyclic amines) is 2. The van der Waals surface area contributed by atoms with Crippen molar-refractivity contribution in [2.45, 2.75) is 60.3 Å². The molecular weight excluding hydrogens is 244 g/mol. The van der Waals surface area contributed by atoms with Gasteiger partial charge in [0.05, 0.1) is 0 Å². The summed E-state index contributed by atoms with van der Waals surface area (Å²) in [6, 6.07) is 0. The Balaban J connectivity index is 1.76. The largest absolute Gasteiger partial charge is 0.303 e. The predicted molar refractivity (Wildman–Crippen MR) is 88.1 cm³/mol. The molecule has 2 aliphatic heterocycles. The average Bonchev–Trinajstić information content (AvgIpc) is 2.33. The Morgan fingerprint density at radius 2 is 1.30 bits per heavy atom. The molecule has 20 heavy (non-hydrogen) atoms. The van der Waals surface area contributed by atoms with Gasteiger partial charge in [0.2, 0.25) is 0 Å². The smallest absolute Gasteiger partial charge is 0.00300 e. The molecule has 0 amide bonds. The molecular formula is C18H36N2. The Labute approximate surface area is 126 Å². The van der Waals surface area contributed by atoms with Crippen molar-refractivity contribution in [3.8, 4) is 0 Å². The number of hydrogen-bond acceptors (Lipinski definition) is 2. The summed E-state index contributed by atoms with van der Waals surface area (Å²) in [6.07, 6.45) is 5.78. The molecule has 2 rings (SSSR count). The molecule has 0 aromatic heterocycles. The Bertz CT molecular complexity index is 285. The molecule has 2 fully saturated rings. The van der Waals surface area contributed by atoms with E-state index in [1.54, 1.807) is 0 Å². The summed E-state index contributed by atoms with van der Waals surface area (Å²) in [6.45, 7) is 19.7. The molecule has 0 aromatic rings. The second-order valence-corrected chi connectivity index (χ2v) is 9.03. The van der Waals surface area contributed by atoms with Crippen molar-refractivity contribution in [2.24, 2.45) is 16.7 Å². The summed E-state index contributed by atoms with van der Waals surface area (Å²) >= 11 is 0. The molecule has 2 heterocycles. The van der Waals surface area contributed by atoms with Crippen LogP contribution in [-0.4, -0.2) is 49.1 Å². The van der Waals surface area contributed by atoms with Gasteiger partial charge in [0, 0.05) is 13.1 Å². The van der Waals surface area contributed by atoms with Crippen molar-refractivity contribution in [2.75, 3.05) is 39.3 Å². The normalized spacial score (nSPS) is 25.5. The summed E-state index contributed by atoms with van der Waals surface area (Å²) in [5.74, 6) is 0.817. The van der Waals surface area contributed by atoms with Gasteiger partial charge in [-0.15, -0.1) is 0 Å². The molecule has 0 aliphatic carbocycles. The van der Waals surface area contributed by atoms with Gasteiger partial charge in [0.25, 0.3) is 0 Å². The molecule has 0 unspecified atom stereocenters. The van der Waals surface area contributed by atoms with Crippen LogP contribution in [0.4, 0.5) is 0 Å². The lowest BCUT2D eigenvalue weighted by Crippen LogP contribution is -2.48. The summed E-state index contributed by atoms with van der Waals surface area (Å²) in [5, 5.41) is 0. The van der Waals surface area contributed by atoms with Crippen molar-refractivity contribution in [3.05, 3.63) is 0 Å². The Kier molecular flexibility index (Phi) is 5.18. The molecule has 2 aliphatic rings. The van der Waals surface area contributed by atoms with Crippen LogP contribution in [0.15, 0.2) is 0 Å². The van der Waals surface area contributed by atoms with E-state index in [-0.39, 0.29) is 0 Å². The Hall–Kier alpha value is -0.0800. The van der Waals surface area contributed by atoms with Crippen LogP contribution in [-0.2, 0) is 0 Å². The minimum absolute atomic E-state index is 0.450. The van der Waals surface area contributed by atoms with Gasteiger partial charge in [-0.2, -0.15) is 0 Å². The average molecular weight is 280 g/mol. The zero-order chi connectivity index (χ0) is 14.8. The number of rotatable bonds is 3. The van der Waals surface area contributed by atoms with E-state index in [0.717, 1.165) is 5.92 Å². The zero-order valence-electron chi connectivity index (χ0n) is 14.5. The lowest BCUT2D eigenvalue weighted by atomic mass is 9.71. The molecule has 0 bridgehead atoms. The molecule has 0 saturated carbocycles. The number of nitrogens with zero attached hydrogens (tertiary/aromatic N) is 2. The van der Waals surface area contributed by atoms with Gasteiger partial charge in [0.15, 0.2) is 0 Å². The van der Waals surface area contributed by atoms with E-state index in [0.29, 0.717) is 10.8 Å². The van der Waals surface area contributed by atoms with Crippen LogP contribution in [0.2, 0.25) is 0 Å². The zero-order valence-corrected chi connectivity index (χ0v) is 14.5. The van der Waals surface area contributed by atoms with E-state index in [9.17, 15) is 0 Å². The maximum atomic E-state index is 2.70. The lowest BCUT2D eigenvalue weighted by molar-refractivity contribution is 0.0221. The molecule has 2 heteroatoms. The van der Waals surface area contributed by atoms with Crippen molar-refractivity contribution in [3.63, 3.8) is 0 Å². The fourth-order valence-electron chi connectivity index (χ4n) is 4.08. The predicted octanol–water partition coefficient (Wildman–Crippen LogP) is 3.87. The monoisotopic (exact) mass is 280 g/mol. The van der Waals surface area contributed by atoms with Crippen molar-refractivity contribution in [1.82, 2.24) is 9.80 Å². The van der Waals surface area contributed by atoms with Crippen LogP contribution < -0.4 is 0 Å². The molecule has 118 valence electrons. The van der Waals surface area contributed by atoms with E-state index in [4.69, 9.17) is 0 Å². The first kappa shape index (κ1) is 16.3. The van der Waals surface area contributed by atoms with Crippen LogP contribution in [0, 0.1) is 16.7 Å². The molecule has 1 spiro atoms. The van der Waals surface area contributed by atoms with Gasteiger partial charge < -0.3 is 9.80 Å². The highest BCUT2D eigenvalue weighted by atomic mass is 15.2. The van der Waals surface area contributed by atoms with Crippen LogP contribution in [0.25, 0.3) is 0 Å². The standard InChI is InChI=1S/C18H36N2/c1-16(2)14-19-10-6-18(7-11-19)8-12-20(13-9-18)15-17(3,4)5/h16H,6-15H2,1-5H3. The molecule has 0 aromatic carbocycles. The minimum Gasteiger partial charge on any atom is -0.303 e. The van der Waals surface area contributed by atoms with E-state index < -0.39 is 0 Å². The topological polar surface area (TPSA) is 6.48 Å². The third-order valence-electron chi connectivity index (χ3n) is 5.15. The second kappa shape index (κ2) is 6.36. The van der Waals surface area contributed by atoms with Crippen molar-refractivity contribution >= 4 is 0 Å². The highest BCUT2D eigenvalue weighted by Crippen LogP contribution is 2.41. The van der Waals surface area contributed by atoms with Crippen molar-refractivity contribution in [1.29, 1.82) is 0 Å². The summed E-state index contributed by atoms with van der Waals surface area (Å²) in [4.78, 5) is 5.39. The number of piperidine rings is 2. The highest BCUT2D eigenvalue weighted by Gasteiger charge is 2.37. The van der Waals surface area contributed by atoms with E-state index in [1.807, 2.05) is 0 Å². The fourth-order valence-corrected chi connectivity index (χ4v) is 4.08. The lowest BCUT2D eigenvalue weighted by Gasteiger charge is -2.48. The summed E-state index contributed by atoms with van der Waals surface area (Å²) in [5.41, 5.74) is 1.15. The molecule has 2 saturated heterocycles. The minimum atomic E-state index is 0.450. The second-order valence-electron chi connectivity index (χ2n) is 9.03. The molecule has 0 atom stereocenters. The first-order valence-corrected chi connectivity index (χ1v) is 8.73. The van der Waals surface area contributed by atoms with Gasteiger partial charge >= 0.3 is 0 Å². The maximum absolute atomic E-state index is 2.70. The highest BCUT2D eigenvalue weighted by molar-refractivity contribution is 4.91. The van der Waals surface area contributed by atoms with E-state index in [1.165, 1.54) is 65.0 Å². The summed E-state index contributed by atoms with van der Waals surface area (Å²) < 4.78 is 0. The van der Waals surface area contributed by atoms with Gasteiger partial charge in [-0.3, -0.25) is 0 Å². The van der Waals surface area contributed by atoms with Crippen molar-refractivity contribution < 1.29 is 0 Å². The van der Waals surface area contributed by atoms with Gasteiger partial charge in [0.1, 0.15) is 0 Å². The number of hydrogen-bond donors (Lipinski definition) is 0. The van der Waals surface area contributed by atoms with Gasteiger partial charge in [-0.25, -0.2) is 0 Å². The maximum Gasteiger partial charge on any atom is 0.00300 e. The fraction of sp³-hybridized carbons (Fsp3) is 1.00. The van der Waals surface area contributed by atoms with E-state index >= 15 is 0 Å². The van der Waals surface area contributed by atoms with Crippen LogP contribution in [0.3, 0.4) is 0 Å². The quantitative estimate of drug-likeness (QED) is 0.774. The van der Waals surface area contributed by atoms with Gasteiger partial charge in [-0.1, -0.05) is 34.6 Å². The first-order chi connectivity index (χ1) is 9.28. The third-order valence-corrected chi connectivity index (χ3v) is 5.15. The van der Waals surface area contributed by atoms with Crippen LogP contribution >= 0.6 is 0 Å². The third kappa shape index (κ3) is 4.73. The van der Waals surface area contributed by atoms with E-state index in [2.05, 4.69) is 44.4 Å². The molecule has 2 nitrogen and oxygen atoms in total. The first-order valence-electron chi connectivity index (χ1n) is 8.73. The Morgan fingerprint density at radius 3 is 1.70 bits per heavy atom. The van der Waals surface area contributed by atoms with Crippen LogP contribution in [0.5, 0.6) is 0 Å². The Morgan fingerprint density at radius 1 is 0.850 bits per heavy atom. The molecule has 0 N–H and O–H groups in total. The van der Waals surface area contributed by atoms with Crippen LogP contribution in [0.1, 0.15) is 60.3 Å². The van der Waals surface area contributed by atoms with Gasteiger partial charge in [-0.05, 0) is 68.6 Å². The summed E-state index contributed by atoms with van der Waals surface area (Å²) in [7, 11) is 0. The molecule has 0 radical (unpaired) electrons.